The quantitative estimate of drug-likeness (QED) is 0.245. The molecule has 1 saturated heterocycles. The van der Waals surface area contributed by atoms with Crippen LogP contribution in [-0.4, -0.2) is 39.3 Å². The first-order valence-corrected chi connectivity index (χ1v) is 19.5. The number of carboxylic acids is 1. The maximum atomic E-state index is 12.8. The van der Waals surface area contributed by atoms with Crippen LogP contribution in [0.5, 0.6) is 0 Å². The summed E-state index contributed by atoms with van der Waals surface area (Å²) in [5, 5.41) is 34.7. The fraction of sp³-hybridized carbons (Fsp3) is 0.833. The Bertz CT molecular complexity index is 1350. The Morgan fingerprint density at radius 2 is 1.62 bits per heavy atom. The Labute approximate surface area is 284 Å². The average molecular weight is 649 g/mol. The van der Waals surface area contributed by atoms with Gasteiger partial charge in [0.1, 0.15) is 0 Å². The van der Waals surface area contributed by atoms with E-state index < -0.39 is 23.3 Å². The largest absolute Gasteiger partial charge is 0.481 e. The van der Waals surface area contributed by atoms with Gasteiger partial charge in [0, 0.05) is 17.8 Å². The molecule has 262 valence electrons. The van der Waals surface area contributed by atoms with Crippen molar-refractivity contribution in [3.05, 3.63) is 35.9 Å². The summed E-state index contributed by atoms with van der Waals surface area (Å²) in [6, 6.07) is 10.6. The van der Waals surface area contributed by atoms with E-state index in [-0.39, 0.29) is 45.0 Å². The Hall–Kier alpha value is -1.43. The van der Waals surface area contributed by atoms with Crippen molar-refractivity contribution in [2.45, 2.75) is 162 Å². The third kappa shape index (κ3) is 4.60. The van der Waals surface area contributed by atoms with E-state index in [0.717, 1.165) is 51.4 Å². The van der Waals surface area contributed by atoms with Crippen LogP contribution in [0, 0.1) is 56.2 Å². The van der Waals surface area contributed by atoms with Gasteiger partial charge in [-0.3, -0.25) is 4.79 Å². The molecule has 1 heterocycles. The number of hydrogen-bond acceptors (Lipinski definition) is 4. The molecule has 47 heavy (non-hydrogen) atoms. The molecule has 7 rings (SSSR count). The third-order valence-corrected chi connectivity index (χ3v) is 17.2. The average Bonchev–Trinajstić information content (AvgIpc) is 3.14. The highest BCUT2D eigenvalue weighted by atomic mass is 16.6. The van der Waals surface area contributed by atoms with Crippen molar-refractivity contribution in [1.29, 1.82) is 0 Å². The van der Waals surface area contributed by atoms with Crippen molar-refractivity contribution < 1.29 is 24.9 Å². The van der Waals surface area contributed by atoms with Gasteiger partial charge in [0.15, 0.2) is 5.79 Å². The fourth-order valence-corrected chi connectivity index (χ4v) is 14.6. The molecule has 1 unspecified atom stereocenters. The van der Waals surface area contributed by atoms with E-state index in [0.29, 0.717) is 18.3 Å². The summed E-state index contributed by atoms with van der Waals surface area (Å²) in [5.41, 5.74) is 0.625. The number of carboxylic acid groups (broad SMARTS) is 1. The Balaban J connectivity index is 1.31. The number of benzene rings is 1. The molecule has 1 aromatic carbocycles. The predicted octanol–water partition coefficient (Wildman–Crippen LogP) is 9.18. The van der Waals surface area contributed by atoms with Crippen LogP contribution in [0.4, 0.5) is 0 Å². The van der Waals surface area contributed by atoms with Gasteiger partial charge in [0.05, 0.1) is 17.6 Å². The molecule has 5 aliphatic carbocycles. The highest BCUT2D eigenvalue weighted by Crippen LogP contribution is 2.81. The number of unbranched alkanes of at least 4 members (excludes halogenated alkanes) is 3. The summed E-state index contributed by atoms with van der Waals surface area (Å²) in [5.74, 6) is -0.987. The van der Waals surface area contributed by atoms with Crippen molar-refractivity contribution in [2.75, 3.05) is 0 Å². The van der Waals surface area contributed by atoms with Gasteiger partial charge in [-0.05, 0) is 123 Å². The molecule has 0 amide bonds. The number of hydrogen-bond donors (Lipinski definition) is 3. The summed E-state index contributed by atoms with van der Waals surface area (Å²) in [6.07, 6.45) is 15.8. The number of rotatable bonds is 8. The van der Waals surface area contributed by atoms with E-state index in [2.05, 4.69) is 65.0 Å². The molecule has 0 radical (unpaired) electrons. The second kappa shape index (κ2) is 11.3. The predicted molar refractivity (Wildman–Crippen MR) is 185 cm³/mol. The van der Waals surface area contributed by atoms with Crippen molar-refractivity contribution in [3.63, 3.8) is 0 Å². The summed E-state index contributed by atoms with van der Waals surface area (Å²) in [7, 11) is 0. The lowest BCUT2D eigenvalue weighted by molar-refractivity contribution is -0.291. The summed E-state index contributed by atoms with van der Waals surface area (Å²) >= 11 is 0. The lowest BCUT2D eigenvalue weighted by Crippen LogP contribution is -2.71. The molecule has 5 heteroatoms. The van der Waals surface area contributed by atoms with E-state index in [1.54, 1.807) is 0 Å². The van der Waals surface area contributed by atoms with Crippen LogP contribution in [-0.2, 0) is 16.0 Å². The van der Waals surface area contributed by atoms with Crippen LogP contribution >= 0.6 is 0 Å². The fourth-order valence-electron chi connectivity index (χ4n) is 14.6. The minimum absolute atomic E-state index is 0.0345. The molecule has 1 aromatic rings. The number of aliphatic hydroxyl groups excluding tert-OH is 1. The zero-order valence-corrected chi connectivity index (χ0v) is 30.3. The van der Waals surface area contributed by atoms with Gasteiger partial charge >= 0.3 is 5.97 Å². The van der Waals surface area contributed by atoms with Crippen LogP contribution < -0.4 is 0 Å². The first-order valence-electron chi connectivity index (χ1n) is 19.5. The van der Waals surface area contributed by atoms with E-state index in [1.807, 2.05) is 6.92 Å². The molecule has 1 aliphatic heterocycles. The molecule has 1 spiro atoms. The zero-order valence-electron chi connectivity index (χ0n) is 30.3. The minimum Gasteiger partial charge on any atom is -0.481 e. The number of aliphatic carboxylic acids is 1. The molecule has 0 aromatic heterocycles. The van der Waals surface area contributed by atoms with E-state index in [4.69, 9.17) is 4.74 Å². The lowest BCUT2D eigenvalue weighted by atomic mass is 9.28. The number of ether oxygens (including phenoxy) is 1. The molecule has 6 aliphatic rings. The van der Waals surface area contributed by atoms with E-state index in [9.17, 15) is 20.1 Å². The molecule has 6 fully saturated rings. The monoisotopic (exact) mass is 648 g/mol. The molecular weight excluding hydrogens is 584 g/mol. The first-order chi connectivity index (χ1) is 22.1. The second-order valence-corrected chi connectivity index (χ2v) is 19.0. The maximum Gasteiger partial charge on any atom is 0.309 e. The first kappa shape index (κ1) is 34.0. The summed E-state index contributed by atoms with van der Waals surface area (Å²) < 4.78 is 6.74. The molecule has 13 atom stereocenters. The van der Waals surface area contributed by atoms with Crippen LogP contribution in [0.3, 0.4) is 0 Å². The van der Waals surface area contributed by atoms with Gasteiger partial charge in [0.2, 0.25) is 0 Å². The summed E-state index contributed by atoms with van der Waals surface area (Å²) in [4.78, 5) is 12.8. The molecular formula is C42H64O5. The van der Waals surface area contributed by atoms with Crippen molar-refractivity contribution in [3.8, 4) is 0 Å². The van der Waals surface area contributed by atoms with E-state index >= 15 is 0 Å². The highest BCUT2D eigenvalue weighted by molar-refractivity contribution is 5.74. The van der Waals surface area contributed by atoms with Gasteiger partial charge in [-0.15, -0.1) is 0 Å². The molecule has 5 saturated carbocycles. The Morgan fingerprint density at radius 1 is 0.894 bits per heavy atom. The van der Waals surface area contributed by atoms with Crippen molar-refractivity contribution >= 4 is 5.97 Å². The zero-order chi connectivity index (χ0) is 33.7. The molecule has 5 nitrogen and oxygen atoms in total. The number of aliphatic hydroxyl groups is 2. The third-order valence-electron chi connectivity index (χ3n) is 17.2. The smallest absolute Gasteiger partial charge is 0.309 e. The van der Waals surface area contributed by atoms with Gasteiger partial charge in [0.25, 0.3) is 0 Å². The van der Waals surface area contributed by atoms with Crippen LogP contribution in [0.1, 0.15) is 143 Å². The number of fused-ring (bicyclic) bond motifs is 7. The second-order valence-electron chi connectivity index (χ2n) is 19.0. The van der Waals surface area contributed by atoms with Gasteiger partial charge in [-0.2, -0.15) is 0 Å². The molecule has 3 N–H and O–H groups in total. The van der Waals surface area contributed by atoms with Crippen LogP contribution in [0.15, 0.2) is 30.3 Å². The minimum atomic E-state index is -1.28. The topological polar surface area (TPSA) is 87.0 Å². The summed E-state index contributed by atoms with van der Waals surface area (Å²) in [6.45, 7) is 14.2. The SMILES string of the molecule is CCCCCC[C@@]12CC[C@]3(C)[C@@H]4[C@@H](O)C[C@]5(O)O[C@H](Cc6ccccc6)[C@@]4(CC[C@@H]3[C@@]1(C)CC[C@]1(C)CC[C@@](C)(C(=O)O)CC12)[C@H]5C. The molecule has 2 bridgehead atoms. The highest BCUT2D eigenvalue weighted by Gasteiger charge is 2.78. The lowest BCUT2D eigenvalue weighted by Gasteiger charge is -2.76. The van der Waals surface area contributed by atoms with Crippen molar-refractivity contribution in [2.24, 2.45) is 56.2 Å². The Kier molecular flexibility index (Phi) is 8.18. The Morgan fingerprint density at radius 3 is 2.32 bits per heavy atom. The van der Waals surface area contributed by atoms with Crippen molar-refractivity contribution in [1.82, 2.24) is 0 Å². The normalized spacial score (nSPS) is 51.7. The van der Waals surface area contributed by atoms with Crippen LogP contribution in [0.25, 0.3) is 0 Å². The van der Waals surface area contributed by atoms with Gasteiger partial charge in [-0.1, -0.05) is 90.6 Å². The van der Waals surface area contributed by atoms with Gasteiger partial charge in [-0.25, -0.2) is 0 Å². The van der Waals surface area contributed by atoms with E-state index in [1.165, 1.54) is 50.5 Å². The standard InChI is InChI=1S/C42H64O5/c1-7-8-9-13-17-40-24-22-38(5)31(39(40,6)23-21-36(3)19-20-37(4,35(44)45)27-32(36)40)16-18-41-28(2)42(46,26-30(43)34(38)41)47-33(41)25-29-14-11-10-12-15-29/h10-12,14-15,28,30-34,43,46H,7-9,13,16-27H2,1-6H3,(H,44,45)/t28-,30+,31+,32?,33-,34+,36+,37-,38+,39-,40+,41-,42+/m1/s1. The number of carbonyl (C=O) groups is 1. The van der Waals surface area contributed by atoms with Crippen LogP contribution in [0.2, 0.25) is 0 Å². The maximum absolute atomic E-state index is 12.8. The van der Waals surface area contributed by atoms with Gasteiger partial charge < -0.3 is 20.1 Å².